The molecule has 2 aromatic heterocycles. The second-order valence-corrected chi connectivity index (χ2v) is 14.1. The van der Waals surface area contributed by atoms with E-state index in [0.29, 0.717) is 57.7 Å². The Morgan fingerprint density at radius 3 is 2.61 bits per heavy atom. The number of amidine groups is 1. The van der Waals surface area contributed by atoms with Gasteiger partial charge in [0.05, 0.1) is 18.7 Å². The SMILES string of the molecule is CCC1=CN=c2[nH]ccc2=C(c2cnn(C3(CC#N)CN(C4CCN(C(=O)C5N=C(C(F)(F)F)N=C(CN6CCCC6)C5C)CC4)C3)c2)C1. The number of carbonyl (C=O) groups excluding carboxylic acids is 1. The Morgan fingerprint density at radius 1 is 1.16 bits per heavy atom. The highest BCUT2D eigenvalue weighted by atomic mass is 19.4. The minimum atomic E-state index is -4.71. The number of alkyl halides is 3. The smallest absolute Gasteiger partial charge is 0.346 e. The number of rotatable bonds is 8. The summed E-state index contributed by atoms with van der Waals surface area (Å²) in [5.41, 5.74) is 4.17. The second kappa shape index (κ2) is 13.3. The van der Waals surface area contributed by atoms with E-state index in [1.807, 2.05) is 29.3 Å². The summed E-state index contributed by atoms with van der Waals surface area (Å²) in [5.74, 6) is -2.06. The number of hydrogen-bond donors (Lipinski definition) is 1. The van der Waals surface area contributed by atoms with E-state index < -0.39 is 29.5 Å². The van der Waals surface area contributed by atoms with Crippen molar-refractivity contribution in [2.24, 2.45) is 20.9 Å². The molecule has 5 aliphatic heterocycles. The third-order valence-corrected chi connectivity index (χ3v) is 11.0. The minimum absolute atomic E-state index is 0.203. The van der Waals surface area contributed by atoms with Crippen LogP contribution in [0.1, 0.15) is 64.4 Å². The van der Waals surface area contributed by atoms with E-state index in [9.17, 15) is 23.2 Å². The number of fused-ring (bicyclic) bond motifs is 1. The molecule has 0 aromatic carbocycles. The molecule has 11 nitrogen and oxygen atoms in total. The first-order valence-corrected chi connectivity index (χ1v) is 17.4. The van der Waals surface area contributed by atoms with Crippen LogP contribution in [0.3, 0.4) is 0 Å². The van der Waals surface area contributed by atoms with Gasteiger partial charge in [0.2, 0.25) is 11.7 Å². The average Bonchev–Trinajstić information content (AvgIpc) is 3.85. The van der Waals surface area contributed by atoms with Crippen molar-refractivity contribution in [2.45, 2.75) is 82.6 Å². The van der Waals surface area contributed by atoms with Crippen LogP contribution >= 0.6 is 0 Å². The number of nitriles is 1. The molecule has 2 unspecified atom stereocenters. The van der Waals surface area contributed by atoms with E-state index in [-0.39, 0.29) is 11.9 Å². The van der Waals surface area contributed by atoms with Crippen LogP contribution in [0, 0.1) is 17.2 Å². The quantitative estimate of drug-likeness (QED) is 0.461. The van der Waals surface area contributed by atoms with Crippen LogP contribution in [-0.2, 0) is 10.3 Å². The van der Waals surface area contributed by atoms with E-state index in [1.54, 1.807) is 11.8 Å². The van der Waals surface area contributed by atoms with Crippen molar-refractivity contribution in [1.82, 2.24) is 29.5 Å². The number of allylic oxidation sites excluding steroid dienone is 1. The van der Waals surface area contributed by atoms with E-state index in [2.05, 4.69) is 49.0 Å². The number of halogens is 3. The van der Waals surface area contributed by atoms with Gasteiger partial charge in [-0.2, -0.15) is 23.5 Å². The Bertz CT molecular complexity index is 1830. The fourth-order valence-corrected chi connectivity index (χ4v) is 7.99. The number of hydrogen-bond acceptors (Lipinski definition) is 8. The molecule has 1 amide bonds. The maximum Gasteiger partial charge on any atom is 0.451 e. The van der Waals surface area contributed by atoms with Gasteiger partial charge in [0.15, 0.2) is 0 Å². The highest BCUT2D eigenvalue weighted by molar-refractivity contribution is 6.07. The van der Waals surface area contributed by atoms with Crippen molar-refractivity contribution in [2.75, 3.05) is 45.8 Å². The van der Waals surface area contributed by atoms with Gasteiger partial charge in [-0.25, -0.2) is 15.0 Å². The molecule has 14 heteroatoms. The number of nitrogens with one attached hydrogen (secondary N) is 1. The summed E-state index contributed by atoms with van der Waals surface area (Å²) in [4.78, 5) is 35.5. The summed E-state index contributed by atoms with van der Waals surface area (Å²) >= 11 is 0. The van der Waals surface area contributed by atoms with Gasteiger partial charge in [-0.1, -0.05) is 13.8 Å². The molecule has 49 heavy (non-hydrogen) atoms. The zero-order chi connectivity index (χ0) is 34.3. The summed E-state index contributed by atoms with van der Waals surface area (Å²) in [5, 5.41) is 15.7. The highest BCUT2D eigenvalue weighted by Gasteiger charge is 2.49. The Kier molecular flexibility index (Phi) is 9.08. The van der Waals surface area contributed by atoms with Crippen molar-refractivity contribution in [1.29, 1.82) is 5.26 Å². The number of H-pyrrole nitrogens is 1. The molecule has 0 radical (unpaired) electrons. The average molecular weight is 677 g/mol. The normalized spacial score (nSPS) is 25.0. The molecule has 7 heterocycles. The molecule has 5 aliphatic rings. The number of aromatic nitrogens is 3. The Labute approximate surface area is 283 Å². The highest BCUT2D eigenvalue weighted by Crippen LogP contribution is 2.37. The molecule has 7 rings (SSSR count). The first-order chi connectivity index (χ1) is 23.6. The monoisotopic (exact) mass is 676 g/mol. The molecular formula is C35H43F3N10O. The van der Waals surface area contributed by atoms with Crippen LogP contribution in [-0.4, -0.2) is 111 Å². The predicted octanol–water partition coefficient (Wildman–Crippen LogP) is 3.16. The topological polar surface area (TPSA) is 121 Å². The Morgan fingerprint density at radius 2 is 1.92 bits per heavy atom. The number of amides is 1. The lowest BCUT2D eigenvalue weighted by atomic mass is 9.83. The first-order valence-electron chi connectivity index (χ1n) is 17.4. The maximum absolute atomic E-state index is 13.8. The van der Waals surface area contributed by atoms with Crippen molar-refractivity contribution in [3.63, 3.8) is 0 Å². The molecule has 3 saturated heterocycles. The van der Waals surface area contributed by atoms with Gasteiger partial charge in [-0.05, 0) is 68.8 Å². The van der Waals surface area contributed by atoms with E-state index >= 15 is 0 Å². The third-order valence-electron chi connectivity index (χ3n) is 11.0. The molecule has 2 aromatic rings. The molecule has 1 N–H and O–H groups in total. The first kappa shape index (κ1) is 33.4. The Hall–Kier alpha value is -4.09. The van der Waals surface area contributed by atoms with Crippen molar-refractivity contribution in [3.05, 3.63) is 52.7 Å². The molecule has 0 bridgehead atoms. The molecule has 0 aliphatic carbocycles. The van der Waals surface area contributed by atoms with Crippen LogP contribution in [0.2, 0.25) is 0 Å². The summed E-state index contributed by atoms with van der Waals surface area (Å²) in [6, 6.07) is 3.50. The van der Waals surface area contributed by atoms with Crippen LogP contribution < -0.4 is 10.7 Å². The van der Waals surface area contributed by atoms with Gasteiger partial charge in [0.25, 0.3) is 0 Å². The fourth-order valence-electron chi connectivity index (χ4n) is 7.99. The predicted molar refractivity (Wildman–Crippen MR) is 178 cm³/mol. The van der Waals surface area contributed by atoms with Gasteiger partial charge in [0.1, 0.15) is 17.1 Å². The van der Waals surface area contributed by atoms with Crippen molar-refractivity contribution in [3.8, 4) is 6.07 Å². The fraction of sp³-hybridized carbons (Fsp3) is 0.600. The molecule has 260 valence electrons. The van der Waals surface area contributed by atoms with Gasteiger partial charge in [-0.15, -0.1) is 0 Å². The lowest BCUT2D eigenvalue weighted by Crippen LogP contribution is -2.66. The van der Waals surface area contributed by atoms with Crippen LogP contribution in [0.25, 0.3) is 5.57 Å². The number of nitrogens with zero attached hydrogens (tertiary/aromatic N) is 9. The van der Waals surface area contributed by atoms with E-state index in [4.69, 9.17) is 5.10 Å². The lowest BCUT2D eigenvalue weighted by Gasteiger charge is -2.53. The molecular weight excluding hydrogens is 633 g/mol. The van der Waals surface area contributed by atoms with Gasteiger partial charge in [0, 0.05) is 79.8 Å². The molecule has 3 fully saturated rings. The van der Waals surface area contributed by atoms with Crippen LogP contribution in [0.15, 0.2) is 51.4 Å². The van der Waals surface area contributed by atoms with E-state index in [0.717, 1.165) is 60.6 Å². The van der Waals surface area contributed by atoms with Gasteiger partial charge < -0.3 is 9.88 Å². The third kappa shape index (κ3) is 6.50. The molecule has 0 saturated carbocycles. The Balaban J connectivity index is 1.01. The summed E-state index contributed by atoms with van der Waals surface area (Å²) in [6.07, 6.45) is 8.50. The zero-order valence-corrected chi connectivity index (χ0v) is 28.1. The lowest BCUT2D eigenvalue weighted by molar-refractivity contribution is -0.135. The van der Waals surface area contributed by atoms with Crippen molar-refractivity contribution < 1.29 is 18.0 Å². The number of aliphatic imine (C=N–C) groups is 2. The zero-order valence-electron chi connectivity index (χ0n) is 28.1. The maximum atomic E-state index is 13.8. The van der Waals surface area contributed by atoms with Gasteiger partial charge in [-0.3, -0.25) is 19.3 Å². The summed E-state index contributed by atoms with van der Waals surface area (Å²) in [7, 11) is 0. The number of likely N-dealkylation sites (tertiary alicyclic amines) is 3. The van der Waals surface area contributed by atoms with Crippen LogP contribution in [0.5, 0.6) is 0 Å². The summed E-state index contributed by atoms with van der Waals surface area (Å²) < 4.78 is 43.5. The standard InChI is InChI=1S/C35H43F3N10O/c1-3-24-16-28(27-6-11-40-31(27)41-17-24)25-18-42-48(19-25)34(9-10-39)21-47(22-34)26-7-14-46(15-8-26)32(49)30-23(2)29(20-45-12-4-5-13-45)43-33(44-30)35(36,37)38/h6,11,17-19,23,26,30H,3-5,7-9,12-16,20-22H2,1-2H3,(H,40,41). The van der Waals surface area contributed by atoms with E-state index in [1.165, 1.54) is 5.57 Å². The molecule has 2 atom stereocenters. The van der Waals surface area contributed by atoms with Crippen LogP contribution in [0.4, 0.5) is 13.2 Å². The van der Waals surface area contributed by atoms with Crippen molar-refractivity contribution >= 4 is 23.0 Å². The second-order valence-electron chi connectivity index (χ2n) is 14.1. The largest absolute Gasteiger partial charge is 0.451 e. The molecule has 0 spiro atoms. The number of carbonyl (C=O) groups is 1. The number of aromatic amines is 1. The van der Waals surface area contributed by atoms with Gasteiger partial charge >= 0.3 is 6.18 Å². The minimum Gasteiger partial charge on any atom is -0.346 e. The summed E-state index contributed by atoms with van der Waals surface area (Å²) in [6.45, 7) is 8.11. The number of piperidine rings is 1.